The quantitative estimate of drug-likeness (QED) is 0.588. The fraction of sp³-hybridized carbons (Fsp3) is 0.667. The molecule has 1 aromatic rings. The van der Waals surface area contributed by atoms with Gasteiger partial charge in [-0.3, -0.25) is 4.68 Å². The molecule has 0 unspecified atom stereocenters. The second kappa shape index (κ2) is 2.33. The Morgan fingerprint density at radius 3 is 3.31 bits per heavy atom. The molecule has 70 valence electrons. The highest BCUT2D eigenvalue weighted by molar-refractivity contribution is 5.23. The third kappa shape index (κ3) is 0.899. The highest BCUT2D eigenvalue weighted by atomic mass is 16.6. The molecule has 3 rings (SSSR count). The molecule has 0 N–H and O–H groups in total. The van der Waals surface area contributed by atoms with Gasteiger partial charge in [-0.05, 0) is 6.07 Å². The molecule has 0 spiro atoms. The molecule has 4 heteroatoms. The minimum Gasteiger partial charge on any atom is -0.378 e. The monoisotopic (exact) mass is 180 g/mol. The lowest BCUT2D eigenvalue weighted by atomic mass is 9.96. The van der Waals surface area contributed by atoms with Crippen molar-refractivity contribution in [1.29, 1.82) is 0 Å². The molecule has 3 heterocycles. The molecular formula is C9H12N2O2. The third-order valence-corrected chi connectivity index (χ3v) is 2.96. The Balaban J connectivity index is 1.97. The number of hydrogen-bond acceptors (Lipinski definition) is 3. The van der Waals surface area contributed by atoms with Crippen molar-refractivity contribution in [1.82, 2.24) is 9.78 Å². The van der Waals surface area contributed by atoms with Crippen LogP contribution in [-0.4, -0.2) is 29.1 Å². The van der Waals surface area contributed by atoms with Crippen molar-refractivity contribution in [2.75, 3.05) is 13.2 Å². The second-order valence-corrected chi connectivity index (χ2v) is 3.66. The first kappa shape index (κ1) is 7.53. The Morgan fingerprint density at radius 1 is 1.69 bits per heavy atom. The summed E-state index contributed by atoms with van der Waals surface area (Å²) < 4.78 is 12.9. The van der Waals surface area contributed by atoms with Crippen LogP contribution in [0.3, 0.4) is 0 Å². The summed E-state index contributed by atoms with van der Waals surface area (Å²) >= 11 is 0. The van der Waals surface area contributed by atoms with Crippen LogP contribution in [0.1, 0.15) is 12.1 Å². The number of ether oxygens (including phenoxy) is 2. The highest BCUT2D eigenvalue weighted by Crippen LogP contribution is 2.50. The summed E-state index contributed by atoms with van der Waals surface area (Å²) in [5.74, 6) is 0. The first-order valence-electron chi connectivity index (χ1n) is 4.57. The van der Waals surface area contributed by atoms with Crippen LogP contribution in [0.4, 0.5) is 0 Å². The predicted octanol–water partition coefficient (Wildman–Crippen LogP) is 0.434. The van der Waals surface area contributed by atoms with E-state index in [0.29, 0.717) is 0 Å². The maximum atomic E-state index is 5.70. The standard InChI is InChI=1S/C9H12N2O2/c1-11-7(2-4-10-11)9-3-5-12-6-8(9)13-9/h2,4,8H,3,5-6H2,1H3/t8-,9+/m0/s1. The van der Waals surface area contributed by atoms with Crippen LogP contribution in [0.25, 0.3) is 0 Å². The lowest BCUT2D eigenvalue weighted by molar-refractivity contribution is 0.0960. The van der Waals surface area contributed by atoms with E-state index in [1.165, 1.54) is 5.69 Å². The van der Waals surface area contributed by atoms with Crippen molar-refractivity contribution >= 4 is 0 Å². The van der Waals surface area contributed by atoms with Crippen LogP contribution in [0.15, 0.2) is 12.3 Å². The number of aryl methyl sites for hydroxylation is 1. The Labute approximate surface area is 76.4 Å². The van der Waals surface area contributed by atoms with Crippen LogP contribution in [0.5, 0.6) is 0 Å². The first-order valence-corrected chi connectivity index (χ1v) is 4.57. The smallest absolute Gasteiger partial charge is 0.141 e. The van der Waals surface area contributed by atoms with Gasteiger partial charge < -0.3 is 9.47 Å². The molecular weight excluding hydrogens is 168 g/mol. The van der Waals surface area contributed by atoms with Gasteiger partial charge in [-0.15, -0.1) is 0 Å². The molecule has 0 aromatic carbocycles. The Kier molecular flexibility index (Phi) is 1.35. The van der Waals surface area contributed by atoms with E-state index >= 15 is 0 Å². The molecule has 0 bridgehead atoms. The van der Waals surface area contributed by atoms with Gasteiger partial charge in [0.15, 0.2) is 0 Å². The zero-order valence-electron chi connectivity index (χ0n) is 7.56. The molecule has 4 nitrogen and oxygen atoms in total. The number of fused-ring (bicyclic) bond motifs is 1. The fourth-order valence-electron chi connectivity index (χ4n) is 2.16. The average molecular weight is 180 g/mol. The number of hydrogen-bond donors (Lipinski definition) is 0. The molecule has 2 saturated heterocycles. The molecule has 2 aliphatic heterocycles. The summed E-state index contributed by atoms with van der Waals surface area (Å²) in [6, 6.07) is 2.03. The molecule has 2 atom stereocenters. The molecule has 2 fully saturated rings. The van der Waals surface area contributed by atoms with Crippen LogP contribution in [0.2, 0.25) is 0 Å². The maximum Gasteiger partial charge on any atom is 0.141 e. The molecule has 1 aromatic heterocycles. The summed E-state index contributed by atoms with van der Waals surface area (Å²) in [5, 5.41) is 4.16. The van der Waals surface area contributed by atoms with E-state index in [4.69, 9.17) is 9.47 Å². The fourth-order valence-corrected chi connectivity index (χ4v) is 2.16. The van der Waals surface area contributed by atoms with Gasteiger partial charge in [0.1, 0.15) is 11.7 Å². The molecule has 0 aliphatic carbocycles. The van der Waals surface area contributed by atoms with Gasteiger partial charge in [-0.25, -0.2) is 0 Å². The van der Waals surface area contributed by atoms with Crippen LogP contribution in [-0.2, 0) is 22.1 Å². The molecule has 0 amide bonds. The number of rotatable bonds is 1. The van der Waals surface area contributed by atoms with E-state index in [1.807, 2.05) is 24.0 Å². The van der Waals surface area contributed by atoms with E-state index in [1.54, 1.807) is 0 Å². The average Bonchev–Trinajstić information content (AvgIpc) is 2.74. The topological polar surface area (TPSA) is 39.6 Å². The van der Waals surface area contributed by atoms with Crippen molar-refractivity contribution in [2.45, 2.75) is 18.1 Å². The van der Waals surface area contributed by atoms with Crippen LogP contribution >= 0.6 is 0 Å². The van der Waals surface area contributed by atoms with Crippen molar-refractivity contribution in [3.63, 3.8) is 0 Å². The minimum absolute atomic E-state index is 0.0660. The Morgan fingerprint density at radius 2 is 2.62 bits per heavy atom. The first-order chi connectivity index (χ1) is 6.33. The molecule has 0 saturated carbocycles. The predicted molar refractivity (Wildman–Crippen MR) is 45.2 cm³/mol. The van der Waals surface area contributed by atoms with Gasteiger partial charge in [-0.2, -0.15) is 5.10 Å². The zero-order valence-corrected chi connectivity index (χ0v) is 7.56. The third-order valence-electron chi connectivity index (χ3n) is 2.96. The SMILES string of the molecule is Cn1nccc1[C@]12CCOC[C@@H]1O2. The van der Waals surface area contributed by atoms with E-state index < -0.39 is 0 Å². The Hall–Kier alpha value is -0.870. The van der Waals surface area contributed by atoms with Gasteiger partial charge in [0.25, 0.3) is 0 Å². The maximum absolute atomic E-state index is 5.70. The van der Waals surface area contributed by atoms with Crippen molar-refractivity contribution in [2.24, 2.45) is 7.05 Å². The van der Waals surface area contributed by atoms with E-state index in [-0.39, 0.29) is 11.7 Å². The number of aromatic nitrogens is 2. The highest BCUT2D eigenvalue weighted by Gasteiger charge is 2.60. The summed E-state index contributed by atoms with van der Waals surface area (Å²) in [5.41, 5.74) is 1.12. The van der Waals surface area contributed by atoms with Gasteiger partial charge >= 0.3 is 0 Å². The van der Waals surface area contributed by atoms with Gasteiger partial charge in [0, 0.05) is 26.3 Å². The summed E-state index contributed by atoms with van der Waals surface area (Å²) in [4.78, 5) is 0. The summed E-state index contributed by atoms with van der Waals surface area (Å²) in [6.07, 6.45) is 3.03. The minimum atomic E-state index is -0.0660. The van der Waals surface area contributed by atoms with Crippen LogP contribution in [0, 0.1) is 0 Å². The second-order valence-electron chi connectivity index (χ2n) is 3.66. The van der Waals surface area contributed by atoms with Crippen molar-refractivity contribution < 1.29 is 9.47 Å². The van der Waals surface area contributed by atoms with Gasteiger partial charge in [0.2, 0.25) is 0 Å². The zero-order chi connectivity index (χ0) is 8.89. The van der Waals surface area contributed by atoms with Crippen molar-refractivity contribution in [3.8, 4) is 0 Å². The summed E-state index contributed by atoms with van der Waals surface area (Å²) in [7, 11) is 1.96. The van der Waals surface area contributed by atoms with E-state index in [9.17, 15) is 0 Å². The van der Waals surface area contributed by atoms with Crippen LogP contribution < -0.4 is 0 Å². The number of epoxide rings is 1. The summed E-state index contributed by atoms with van der Waals surface area (Å²) in [6.45, 7) is 1.52. The number of nitrogens with zero attached hydrogens (tertiary/aromatic N) is 2. The van der Waals surface area contributed by atoms with Crippen molar-refractivity contribution in [3.05, 3.63) is 18.0 Å². The molecule has 0 radical (unpaired) electrons. The normalized spacial score (nSPS) is 37.2. The lowest BCUT2D eigenvalue weighted by Gasteiger charge is -2.17. The van der Waals surface area contributed by atoms with E-state index in [2.05, 4.69) is 5.10 Å². The lowest BCUT2D eigenvalue weighted by Crippen LogP contribution is -2.26. The largest absolute Gasteiger partial charge is 0.378 e. The molecule has 13 heavy (non-hydrogen) atoms. The molecule has 2 aliphatic rings. The van der Waals surface area contributed by atoms with E-state index in [0.717, 1.165) is 19.6 Å². The van der Waals surface area contributed by atoms with Gasteiger partial charge in [0.05, 0.1) is 12.3 Å². The Bertz CT molecular complexity index is 336. The van der Waals surface area contributed by atoms with Gasteiger partial charge in [-0.1, -0.05) is 0 Å².